The van der Waals surface area contributed by atoms with Crippen LogP contribution in [0.15, 0.2) is 18.2 Å². The quantitative estimate of drug-likeness (QED) is 0.930. The van der Waals surface area contributed by atoms with Crippen LogP contribution in [-0.2, 0) is 0 Å². The minimum absolute atomic E-state index is 0.0694. The van der Waals surface area contributed by atoms with Gasteiger partial charge < -0.3 is 10.0 Å². The summed E-state index contributed by atoms with van der Waals surface area (Å²) in [6.45, 7) is 10.9. The van der Waals surface area contributed by atoms with Gasteiger partial charge in [0.2, 0.25) is 0 Å². The predicted molar refractivity (Wildman–Crippen MR) is 84.7 cm³/mol. The van der Waals surface area contributed by atoms with E-state index in [-0.39, 0.29) is 11.7 Å². The molecule has 1 aromatic carbocycles. The molecule has 2 rings (SSSR count). The van der Waals surface area contributed by atoms with Crippen molar-refractivity contribution in [3.63, 3.8) is 0 Å². The largest absolute Gasteiger partial charge is 0.508 e. The Morgan fingerprint density at radius 1 is 1.38 bits per heavy atom. The third kappa shape index (κ3) is 3.38. The van der Waals surface area contributed by atoms with E-state index in [0.29, 0.717) is 17.6 Å². The first-order valence-electron chi connectivity index (χ1n) is 7.78. The SMILES string of the molecule is CC[C@@H]1CN(C(=O)c2ccc(O)c(C)c2)CCN1C(C)C. The van der Waals surface area contributed by atoms with Crippen molar-refractivity contribution < 1.29 is 9.90 Å². The van der Waals surface area contributed by atoms with Crippen molar-refractivity contribution in [3.8, 4) is 5.75 Å². The molecule has 4 nitrogen and oxygen atoms in total. The van der Waals surface area contributed by atoms with Crippen molar-refractivity contribution in [1.29, 1.82) is 0 Å². The van der Waals surface area contributed by atoms with E-state index < -0.39 is 0 Å². The summed E-state index contributed by atoms with van der Waals surface area (Å²) in [5, 5.41) is 9.58. The predicted octanol–water partition coefficient (Wildman–Crippen LogP) is 2.65. The second kappa shape index (κ2) is 6.48. The number of carbonyl (C=O) groups is 1. The third-order valence-corrected chi connectivity index (χ3v) is 4.39. The smallest absolute Gasteiger partial charge is 0.253 e. The summed E-state index contributed by atoms with van der Waals surface area (Å²) in [5.74, 6) is 0.308. The number of nitrogens with zero attached hydrogens (tertiary/aromatic N) is 2. The normalized spacial score (nSPS) is 20.0. The molecule has 1 aliphatic heterocycles. The zero-order valence-electron chi connectivity index (χ0n) is 13.5. The van der Waals surface area contributed by atoms with E-state index in [9.17, 15) is 9.90 Å². The summed E-state index contributed by atoms with van der Waals surface area (Å²) >= 11 is 0. The molecule has 1 amide bonds. The monoisotopic (exact) mass is 290 g/mol. The Kier molecular flexibility index (Phi) is 4.88. The fraction of sp³-hybridized carbons (Fsp3) is 0.588. The molecule has 0 aromatic heterocycles. The Bertz CT molecular complexity index is 514. The van der Waals surface area contributed by atoms with Gasteiger partial charge in [-0.05, 0) is 51.0 Å². The molecular weight excluding hydrogens is 264 g/mol. The molecule has 0 saturated carbocycles. The van der Waals surface area contributed by atoms with Crippen LogP contribution in [0.5, 0.6) is 5.75 Å². The highest BCUT2D eigenvalue weighted by atomic mass is 16.3. The number of piperazine rings is 1. The highest BCUT2D eigenvalue weighted by Gasteiger charge is 2.30. The molecule has 116 valence electrons. The molecular formula is C17H26N2O2. The lowest BCUT2D eigenvalue weighted by molar-refractivity contribution is 0.0371. The van der Waals surface area contributed by atoms with Gasteiger partial charge in [-0.1, -0.05) is 6.92 Å². The maximum Gasteiger partial charge on any atom is 0.253 e. The second-order valence-corrected chi connectivity index (χ2v) is 6.15. The minimum Gasteiger partial charge on any atom is -0.508 e. The van der Waals surface area contributed by atoms with Gasteiger partial charge in [-0.25, -0.2) is 0 Å². The van der Waals surface area contributed by atoms with Crippen LogP contribution in [0.4, 0.5) is 0 Å². The molecule has 1 atom stereocenters. The lowest BCUT2D eigenvalue weighted by Gasteiger charge is -2.43. The van der Waals surface area contributed by atoms with Gasteiger partial charge in [0.05, 0.1) is 0 Å². The van der Waals surface area contributed by atoms with Crippen molar-refractivity contribution >= 4 is 5.91 Å². The van der Waals surface area contributed by atoms with Crippen LogP contribution in [0.3, 0.4) is 0 Å². The summed E-state index contributed by atoms with van der Waals surface area (Å²) in [7, 11) is 0. The van der Waals surface area contributed by atoms with Crippen LogP contribution in [0.25, 0.3) is 0 Å². The minimum atomic E-state index is 0.0694. The van der Waals surface area contributed by atoms with Crippen LogP contribution in [0.1, 0.15) is 43.1 Å². The Morgan fingerprint density at radius 2 is 2.10 bits per heavy atom. The zero-order valence-corrected chi connectivity index (χ0v) is 13.5. The van der Waals surface area contributed by atoms with Crippen molar-refractivity contribution in [2.75, 3.05) is 19.6 Å². The van der Waals surface area contributed by atoms with E-state index in [1.807, 2.05) is 11.8 Å². The van der Waals surface area contributed by atoms with Gasteiger partial charge >= 0.3 is 0 Å². The van der Waals surface area contributed by atoms with Crippen molar-refractivity contribution in [1.82, 2.24) is 9.80 Å². The van der Waals surface area contributed by atoms with E-state index in [0.717, 1.165) is 31.6 Å². The average molecular weight is 290 g/mol. The van der Waals surface area contributed by atoms with Crippen LogP contribution in [0.2, 0.25) is 0 Å². The van der Waals surface area contributed by atoms with Gasteiger partial charge in [-0.15, -0.1) is 0 Å². The average Bonchev–Trinajstić information content (AvgIpc) is 2.48. The van der Waals surface area contributed by atoms with Gasteiger partial charge in [-0.3, -0.25) is 9.69 Å². The number of hydrogen-bond donors (Lipinski definition) is 1. The Morgan fingerprint density at radius 3 is 2.67 bits per heavy atom. The topological polar surface area (TPSA) is 43.8 Å². The van der Waals surface area contributed by atoms with E-state index >= 15 is 0 Å². The number of hydrogen-bond acceptors (Lipinski definition) is 3. The molecule has 1 N–H and O–H groups in total. The molecule has 0 spiro atoms. The van der Waals surface area contributed by atoms with Crippen LogP contribution >= 0.6 is 0 Å². The number of benzene rings is 1. The number of amides is 1. The van der Waals surface area contributed by atoms with Gasteiger partial charge in [0.15, 0.2) is 0 Å². The summed E-state index contributed by atoms with van der Waals surface area (Å²) in [5.41, 5.74) is 1.41. The summed E-state index contributed by atoms with van der Waals surface area (Å²) < 4.78 is 0. The number of rotatable bonds is 3. The molecule has 0 unspecified atom stereocenters. The lowest BCUT2D eigenvalue weighted by Crippen LogP contribution is -2.56. The Hall–Kier alpha value is -1.55. The standard InChI is InChI=1S/C17H26N2O2/c1-5-15-11-18(8-9-19(15)12(2)3)17(21)14-6-7-16(20)13(4)10-14/h6-7,10,12,15,20H,5,8-9,11H2,1-4H3/t15-/m1/s1. The van der Waals surface area contributed by atoms with Crippen molar-refractivity contribution in [2.45, 2.75) is 46.2 Å². The molecule has 0 radical (unpaired) electrons. The van der Waals surface area contributed by atoms with E-state index in [1.54, 1.807) is 18.2 Å². The fourth-order valence-corrected chi connectivity index (χ4v) is 3.07. The number of carbonyl (C=O) groups excluding carboxylic acids is 1. The maximum atomic E-state index is 12.6. The molecule has 4 heteroatoms. The van der Waals surface area contributed by atoms with Crippen LogP contribution < -0.4 is 0 Å². The highest BCUT2D eigenvalue weighted by Crippen LogP contribution is 2.21. The van der Waals surface area contributed by atoms with Crippen molar-refractivity contribution in [3.05, 3.63) is 29.3 Å². The number of phenolic OH excluding ortho intramolecular Hbond substituents is 1. The molecule has 1 aromatic rings. The first-order valence-corrected chi connectivity index (χ1v) is 7.78. The van der Waals surface area contributed by atoms with Gasteiger partial charge in [-0.2, -0.15) is 0 Å². The van der Waals surface area contributed by atoms with E-state index in [4.69, 9.17) is 0 Å². The van der Waals surface area contributed by atoms with E-state index in [1.165, 1.54) is 0 Å². The summed E-state index contributed by atoms with van der Waals surface area (Å²) in [6, 6.07) is 6.03. The van der Waals surface area contributed by atoms with Crippen LogP contribution in [0, 0.1) is 6.92 Å². The molecule has 0 bridgehead atoms. The first kappa shape index (κ1) is 15.8. The summed E-state index contributed by atoms with van der Waals surface area (Å²) in [6.07, 6.45) is 1.05. The molecule has 1 heterocycles. The third-order valence-electron chi connectivity index (χ3n) is 4.39. The highest BCUT2D eigenvalue weighted by molar-refractivity contribution is 5.94. The molecule has 1 aliphatic rings. The van der Waals surface area contributed by atoms with Gasteiger partial charge in [0, 0.05) is 37.3 Å². The van der Waals surface area contributed by atoms with Gasteiger partial charge in [0.25, 0.3) is 5.91 Å². The number of phenols is 1. The maximum absolute atomic E-state index is 12.6. The molecule has 0 aliphatic carbocycles. The molecule has 21 heavy (non-hydrogen) atoms. The summed E-state index contributed by atoms with van der Waals surface area (Å²) in [4.78, 5) is 17.0. The Labute approximate surface area is 127 Å². The molecule has 1 fully saturated rings. The van der Waals surface area contributed by atoms with Crippen molar-refractivity contribution in [2.24, 2.45) is 0 Å². The van der Waals surface area contributed by atoms with Gasteiger partial charge in [0.1, 0.15) is 5.75 Å². The fourth-order valence-electron chi connectivity index (χ4n) is 3.07. The number of aryl methyl sites for hydroxylation is 1. The van der Waals surface area contributed by atoms with E-state index in [2.05, 4.69) is 25.7 Å². The lowest BCUT2D eigenvalue weighted by atomic mass is 10.0. The number of aromatic hydroxyl groups is 1. The van der Waals surface area contributed by atoms with Crippen LogP contribution in [-0.4, -0.2) is 52.5 Å². The molecule has 1 saturated heterocycles. The zero-order chi connectivity index (χ0) is 15.6. The first-order chi connectivity index (χ1) is 9.93. The Balaban J connectivity index is 2.12. The second-order valence-electron chi connectivity index (χ2n) is 6.15.